The quantitative estimate of drug-likeness (QED) is 0.900. The molecule has 1 N–H and O–H groups in total. The van der Waals surface area contributed by atoms with Gasteiger partial charge in [-0.1, -0.05) is 23.7 Å². The van der Waals surface area contributed by atoms with Gasteiger partial charge in [0, 0.05) is 12.4 Å². The van der Waals surface area contributed by atoms with Gasteiger partial charge in [0.15, 0.2) is 0 Å². The molecule has 3 nitrogen and oxygen atoms in total. The Kier molecular flexibility index (Phi) is 3.59. The highest BCUT2D eigenvalue weighted by molar-refractivity contribution is 6.33. The number of aromatic nitrogens is 2. The van der Waals surface area contributed by atoms with Gasteiger partial charge in [-0.15, -0.1) is 0 Å². The van der Waals surface area contributed by atoms with Gasteiger partial charge in [-0.25, -0.2) is 0 Å². The second-order valence-corrected chi connectivity index (χ2v) is 4.34. The van der Waals surface area contributed by atoms with Crippen LogP contribution in [0.1, 0.15) is 24.2 Å². The summed E-state index contributed by atoms with van der Waals surface area (Å²) in [4.78, 5) is 8.32. The molecule has 2 aromatic rings. The SMILES string of the molecule is Cc1cccc(Cl)c1NC(C)c1cnccn1. The van der Waals surface area contributed by atoms with Crippen LogP contribution < -0.4 is 5.32 Å². The second kappa shape index (κ2) is 5.15. The van der Waals surface area contributed by atoms with Gasteiger partial charge in [-0.05, 0) is 25.5 Å². The van der Waals surface area contributed by atoms with Crippen molar-refractivity contribution in [1.29, 1.82) is 0 Å². The standard InChI is InChI=1S/C13H14ClN3/c1-9-4-3-5-11(14)13(9)17-10(2)12-8-15-6-7-16-12/h3-8,10,17H,1-2H3. The number of halogens is 1. The normalized spacial score (nSPS) is 12.2. The molecule has 1 heterocycles. The van der Waals surface area contributed by atoms with Crippen molar-refractivity contribution in [2.24, 2.45) is 0 Å². The van der Waals surface area contributed by atoms with Crippen molar-refractivity contribution in [3.8, 4) is 0 Å². The molecule has 0 radical (unpaired) electrons. The molecule has 17 heavy (non-hydrogen) atoms. The monoisotopic (exact) mass is 247 g/mol. The van der Waals surface area contributed by atoms with Crippen LogP contribution in [0.25, 0.3) is 0 Å². The maximum absolute atomic E-state index is 6.16. The molecule has 0 aliphatic heterocycles. The molecule has 1 aromatic carbocycles. The molecule has 0 saturated heterocycles. The highest BCUT2D eigenvalue weighted by Crippen LogP contribution is 2.28. The molecule has 4 heteroatoms. The maximum atomic E-state index is 6.16. The predicted molar refractivity (Wildman–Crippen MR) is 70.3 cm³/mol. The van der Waals surface area contributed by atoms with E-state index in [0.29, 0.717) is 0 Å². The number of nitrogens with one attached hydrogen (secondary N) is 1. The van der Waals surface area contributed by atoms with Crippen molar-refractivity contribution >= 4 is 17.3 Å². The third kappa shape index (κ3) is 2.74. The molecule has 0 fully saturated rings. The van der Waals surface area contributed by atoms with Gasteiger partial charge in [0.05, 0.1) is 28.6 Å². The fourth-order valence-electron chi connectivity index (χ4n) is 1.64. The van der Waals surface area contributed by atoms with Crippen molar-refractivity contribution in [1.82, 2.24) is 9.97 Å². The van der Waals surface area contributed by atoms with E-state index in [0.717, 1.165) is 22.0 Å². The lowest BCUT2D eigenvalue weighted by molar-refractivity contribution is 0.826. The van der Waals surface area contributed by atoms with Gasteiger partial charge in [-0.2, -0.15) is 0 Å². The van der Waals surface area contributed by atoms with Crippen LogP contribution in [0.5, 0.6) is 0 Å². The van der Waals surface area contributed by atoms with E-state index in [9.17, 15) is 0 Å². The first-order valence-corrected chi connectivity index (χ1v) is 5.84. The Labute approximate surface area is 106 Å². The van der Waals surface area contributed by atoms with Crippen LogP contribution in [0.3, 0.4) is 0 Å². The number of nitrogens with zero attached hydrogens (tertiary/aromatic N) is 2. The minimum atomic E-state index is 0.0716. The second-order valence-electron chi connectivity index (χ2n) is 3.93. The summed E-state index contributed by atoms with van der Waals surface area (Å²) >= 11 is 6.16. The average molecular weight is 248 g/mol. The van der Waals surface area contributed by atoms with Crippen LogP contribution in [0.2, 0.25) is 5.02 Å². The summed E-state index contributed by atoms with van der Waals surface area (Å²) in [6.07, 6.45) is 5.10. The summed E-state index contributed by atoms with van der Waals surface area (Å²) in [5.41, 5.74) is 2.97. The van der Waals surface area contributed by atoms with Crippen LogP contribution >= 0.6 is 11.6 Å². The summed E-state index contributed by atoms with van der Waals surface area (Å²) < 4.78 is 0. The molecule has 1 atom stereocenters. The zero-order valence-electron chi connectivity index (χ0n) is 9.81. The highest BCUT2D eigenvalue weighted by atomic mass is 35.5. The third-order valence-corrected chi connectivity index (χ3v) is 2.92. The van der Waals surface area contributed by atoms with E-state index in [1.807, 2.05) is 32.0 Å². The summed E-state index contributed by atoms with van der Waals surface area (Å²) in [6, 6.07) is 5.91. The van der Waals surface area contributed by atoms with E-state index in [1.165, 1.54) is 0 Å². The number of hydrogen-bond donors (Lipinski definition) is 1. The summed E-state index contributed by atoms with van der Waals surface area (Å²) in [5, 5.41) is 4.08. The Hall–Kier alpha value is -1.61. The topological polar surface area (TPSA) is 37.8 Å². The van der Waals surface area contributed by atoms with Gasteiger partial charge < -0.3 is 5.32 Å². The Morgan fingerprint density at radius 3 is 2.76 bits per heavy atom. The van der Waals surface area contributed by atoms with Crippen LogP contribution in [0, 0.1) is 6.92 Å². The Bertz CT molecular complexity index is 479. The molecule has 0 amide bonds. The number of para-hydroxylation sites is 1. The van der Waals surface area contributed by atoms with Crippen LogP contribution in [0.4, 0.5) is 5.69 Å². The van der Waals surface area contributed by atoms with Gasteiger partial charge in [0.25, 0.3) is 0 Å². The van der Waals surface area contributed by atoms with E-state index in [-0.39, 0.29) is 6.04 Å². The van der Waals surface area contributed by atoms with Crippen molar-refractivity contribution in [2.45, 2.75) is 19.9 Å². The minimum absolute atomic E-state index is 0.0716. The lowest BCUT2D eigenvalue weighted by Crippen LogP contribution is -2.09. The van der Waals surface area contributed by atoms with E-state index in [2.05, 4.69) is 15.3 Å². The van der Waals surface area contributed by atoms with Gasteiger partial charge in [-0.3, -0.25) is 9.97 Å². The number of benzene rings is 1. The van der Waals surface area contributed by atoms with Crippen LogP contribution in [0.15, 0.2) is 36.8 Å². The number of aryl methyl sites for hydroxylation is 1. The minimum Gasteiger partial charge on any atom is -0.375 e. The molecule has 1 aromatic heterocycles. The average Bonchev–Trinajstić information content (AvgIpc) is 2.35. The van der Waals surface area contributed by atoms with E-state index in [4.69, 9.17) is 11.6 Å². The molecule has 0 saturated carbocycles. The van der Waals surface area contributed by atoms with Crippen LogP contribution in [-0.4, -0.2) is 9.97 Å². The highest BCUT2D eigenvalue weighted by Gasteiger charge is 2.10. The summed E-state index contributed by atoms with van der Waals surface area (Å²) in [5.74, 6) is 0. The lowest BCUT2D eigenvalue weighted by atomic mass is 10.1. The lowest BCUT2D eigenvalue weighted by Gasteiger charge is -2.17. The first kappa shape index (κ1) is 11.9. The molecular formula is C13H14ClN3. The van der Waals surface area contributed by atoms with Crippen molar-refractivity contribution in [3.63, 3.8) is 0 Å². The number of rotatable bonds is 3. The van der Waals surface area contributed by atoms with Gasteiger partial charge in [0.1, 0.15) is 0 Å². The van der Waals surface area contributed by atoms with Crippen molar-refractivity contribution in [3.05, 3.63) is 53.1 Å². The molecule has 0 spiro atoms. The maximum Gasteiger partial charge on any atom is 0.0806 e. The summed E-state index contributed by atoms with van der Waals surface area (Å²) in [7, 11) is 0. The van der Waals surface area contributed by atoms with Crippen molar-refractivity contribution < 1.29 is 0 Å². The van der Waals surface area contributed by atoms with Crippen molar-refractivity contribution in [2.75, 3.05) is 5.32 Å². The van der Waals surface area contributed by atoms with E-state index >= 15 is 0 Å². The van der Waals surface area contributed by atoms with E-state index in [1.54, 1.807) is 18.6 Å². The van der Waals surface area contributed by atoms with E-state index < -0.39 is 0 Å². The first-order chi connectivity index (χ1) is 8.18. The van der Waals surface area contributed by atoms with Crippen LogP contribution in [-0.2, 0) is 0 Å². The largest absolute Gasteiger partial charge is 0.375 e. The van der Waals surface area contributed by atoms with Gasteiger partial charge >= 0.3 is 0 Å². The number of hydrogen-bond acceptors (Lipinski definition) is 3. The Balaban J connectivity index is 2.22. The van der Waals surface area contributed by atoms with Gasteiger partial charge in [0.2, 0.25) is 0 Å². The zero-order chi connectivity index (χ0) is 12.3. The summed E-state index contributed by atoms with van der Waals surface area (Å²) in [6.45, 7) is 4.06. The fourth-order valence-corrected chi connectivity index (χ4v) is 1.92. The molecule has 88 valence electrons. The predicted octanol–water partition coefficient (Wildman–Crippen LogP) is 3.61. The molecule has 0 aliphatic rings. The third-order valence-electron chi connectivity index (χ3n) is 2.61. The molecule has 2 rings (SSSR count). The first-order valence-electron chi connectivity index (χ1n) is 5.46. The number of anilines is 1. The smallest absolute Gasteiger partial charge is 0.0806 e. The fraction of sp³-hybridized carbons (Fsp3) is 0.231. The Morgan fingerprint density at radius 2 is 2.12 bits per heavy atom. The molecule has 1 unspecified atom stereocenters. The Morgan fingerprint density at radius 1 is 1.29 bits per heavy atom. The molecular weight excluding hydrogens is 234 g/mol. The zero-order valence-corrected chi connectivity index (χ0v) is 10.6. The molecule has 0 bridgehead atoms. The molecule has 0 aliphatic carbocycles.